The van der Waals surface area contributed by atoms with Crippen molar-refractivity contribution in [2.45, 2.75) is 39.0 Å². The molecule has 7 nitrogen and oxygen atoms in total. The Morgan fingerprint density at radius 3 is 2.52 bits per heavy atom. The lowest BCUT2D eigenvalue weighted by molar-refractivity contribution is -0.132. The molecule has 2 N–H and O–H groups in total. The van der Waals surface area contributed by atoms with Gasteiger partial charge in [0.1, 0.15) is 5.54 Å². The van der Waals surface area contributed by atoms with E-state index in [1.807, 2.05) is 48.7 Å². The van der Waals surface area contributed by atoms with Crippen LogP contribution in [0.2, 0.25) is 0 Å². The Morgan fingerprint density at radius 2 is 1.79 bits per heavy atom. The molecule has 0 aliphatic carbocycles. The highest BCUT2D eigenvalue weighted by Gasteiger charge is 2.49. The van der Waals surface area contributed by atoms with Crippen LogP contribution in [-0.4, -0.2) is 44.1 Å². The molecule has 1 aromatic heterocycles. The van der Waals surface area contributed by atoms with Crippen molar-refractivity contribution in [2.75, 3.05) is 6.54 Å². The molecule has 1 fully saturated rings. The van der Waals surface area contributed by atoms with Crippen molar-refractivity contribution in [1.82, 2.24) is 19.8 Å². The van der Waals surface area contributed by atoms with E-state index in [9.17, 15) is 14.7 Å². The molecule has 29 heavy (non-hydrogen) atoms. The molecule has 0 radical (unpaired) electrons. The van der Waals surface area contributed by atoms with Gasteiger partial charge in [-0.3, -0.25) is 9.69 Å². The lowest BCUT2D eigenvalue weighted by atomic mass is 9.92. The van der Waals surface area contributed by atoms with Crippen LogP contribution < -0.4 is 5.32 Å². The molecule has 0 bridgehead atoms. The largest absolute Gasteiger partial charge is 0.389 e. The molecule has 0 unspecified atom stereocenters. The molecular formula is C22H24N4O3. The molecule has 0 spiro atoms. The number of nitrogens with zero attached hydrogens (tertiary/aromatic N) is 3. The van der Waals surface area contributed by atoms with Gasteiger partial charge in [-0.05, 0) is 49.6 Å². The number of β-amino-alcohol motifs (C(OH)–C–C–N with tert-alkyl or cyclic N) is 1. The molecule has 2 aromatic carbocycles. The first kappa shape index (κ1) is 19.1. The number of rotatable bonds is 5. The zero-order chi connectivity index (χ0) is 20.8. The van der Waals surface area contributed by atoms with Crippen molar-refractivity contribution in [3.63, 3.8) is 0 Å². The van der Waals surface area contributed by atoms with Crippen LogP contribution in [0.5, 0.6) is 0 Å². The summed E-state index contributed by atoms with van der Waals surface area (Å²) in [6.07, 6.45) is 0.758. The number of aryl methyl sites for hydroxylation is 2. The van der Waals surface area contributed by atoms with Gasteiger partial charge in [0, 0.05) is 0 Å². The van der Waals surface area contributed by atoms with Gasteiger partial charge in [-0.15, -0.1) is 0 Å². The second kappa shape index (κ2) is 7.00. The molecule has 3 amide bonds. The zero-order valence-electron chi connectivity index (χ0n) is 16.7. The van der Waals surface area contributed by atoms with Gasteiger partial charge in [-0.1, -0.05) is 30.3 Å². The highest BCUT2D eigenvalue weighted by molar-refractivity contribution is 6.07. The van der Waals surface area contributed by atoms with E-state index >= 15 is 0 Å². The van der Waals surface area contributed by atoms with Crippen molar-refractivity contribution in [1.29, 1.82) is 0 Å². The van der Waals surface area contributed by atoms with Gasteiger partial charge < -0.3 is 15.0 Å². The molecule has 2 heterocycles. The van der Waals surface area contributed by atoms with Crippen LogP contribution in [0.15, 0.2) is 48.8 Å². The van der Waals surface area contributed by atoms with Crippen molar-refractivity contribution in [3.05, 3.63) is 65.5 Å². The van der Waals surface area contributed by atoms with E-state index in [4.69, 9.17) is 0 Å². The maximum absolute atomic E-state index is 13.0. The molecular weight excluding hydrogens is 368 g/mol. The van der Waals surface area contributed by atoms with E-state index in [0.717, 1.165) is 27.1 Å². The molecule has 3 aromatic rings. The van der Waals surface area contributed by atoms with E-state index in [1.165, 1.54) is 0 Å². The first-order valence-corrected chi connectivity index (χ1v) is 9.59. The molecule has 150 valence electrons. The second-order valence-corrected chi connectivity index (χ2v) is 7.81. The van der Waals surface area contributed by atoms with E-state index in [-0.39, 0.29) is 19.0 Å². The van der Waals surface area contributed by atoms with Crippen LogP contribution in [0.1, 0.15) is 23.6 Å². The summed E-state index contributed by atoms with van der Waals surface area (Å²) in [4.78, 5) is 30.9. The normalized spacial score (nSPS) is 20.3. The third-order valence-electron chi connectivity index (χ3n) is 5.66. The lowest BCUT2D eigenvalue weighted by Crippen LogP contribution is -2.42. The summed E-state index contributed by atoms with van der Waals surface area (Å²) in [7, 11) is 0. The SMILES string of the molecule is Cc1cc2ncn(C[C@@H](O)CN3C(=O)N[C@](C)(c4ccccc4)C3=O)c2cc1C. The van der Waals surface area contributed by atoms with Crippen molar-refractivity contribution < 1.29 is 14.7 Å². The lowest BCUT2D eigenvalue weighted by Gasteiger charge is -2.23. The predicted octanol–water partition coefficient (Wildman–Crippen LogP) is 2.48. The first-order chi connectivity index (χ1) is 13.8. The van der Waals surface area contributed by atoms with Gasteiger partial charge >= 0.3 is 6.03 Å². The Hall–Kier alpha value is -3.19. The fourth-order valence-corrected chi connectivity index (χ4v) is 3.78. The topological polar surface area (TPSA) is 87.5 Å². The van der Waals surface area contributed by atoms with Crippen molar-refractivity contribution in [3.8, 4) is 0 Å². The number of hydrogen-bond acceptors (Lipinski definition) is 4. The number of nitrogens with one attached hydrogen (secondary N) is 1. The summed E-state index contributed by atoms with van der Waals surface area (Å²) < 4.78 is 1.85. The van der Waals surface area contributed by atoms with Crippen LogP contribution in [0.25, 0.3) is 11.0 Å². The minimum absolute atomic E-state index is 0.0857. The summed E-state index contributed by atoms with van der Waals surface area (Å²) in [6.45, 7) is 5.89. The molecule has 1 aliphatic rings. The first-order valence-electron chi connectivity index (χ1n) is 9.59. The van der Waals surface area contributed by atoms with Crippen LogP contribution in [0.3, 0.4) is 0 Å². The second-order valence-electron chi connectivity index (χ2n) is 7.81. The highest BCUT2D eigenvalue weighted by Crippen LogP contribution is 2.29. The summed E-state index contributed by atoms with van der Waals surface area (Å²) in [5.74, 6) is -0.366. The number of benzene rings is 2. The number of aromatic nitrogens is 2. The monoisotopic (exact) mass is 392 g/mol. The zero-order valence-corrected chi connectivity index (χ0v) is 16.7. The number of imide groups is 1. The van der Waals surface area contributed by atoms with Crippen molar-refractivity contribution >= 4 is 23.0 Å². The van der Waals surface area contributed by atoms with Crippen LogP contribution in [0.4, 0.5) is 4.79 Å². The van der Waals surface area contributed by atoms with E-state index in [1.54, 1.807) is 25.4 Å². The third kappa shape index (κ3) is 3.27. The Kier molecular flexibility index (Phi) is 4.62. The van der Waals surface area contributed by atoms with E-state index in [2.05, 4.69) is 10.3 Å². The Morgan fingerprint density at radius 1 is 1.10 bits per heavy atom. The number of carbonyl (C=O) groups excluding carboxylic acids is 2. The number of fused-ring (bicyclic) bond motifs is 1. The molecule has 1 saturated heterocycles. The Labute approximate surface area is 169 Å². The molecule has 0 saturated carbocycles. The smallest absolute Gasteiger partial charge is 0.325 e. The average molecular weight is 392 g/mol. The standard InChI is InChI=1S/C22H24N4O3/c1-14-9-18-19(10-15(14)2)25(13-23-18)11-17(27)12-26-20(28)22(3,24-21(26)29)16-7-5-4-6-8-16/h4-10,13,17,27H,11-12H2,1-3H3,(H,24,29)/t17-,22-/m1/s1. The molecule has 4 rings (SSSR count). The fourth-order valence-electron chi connectivity index (χ4n) is 3.78. The van der Waals surface area contributed by atoms with Gasteiger partial charge in [0.05, 0.1) is 36.6 Å². The van der Waals surface area contributed by atoms with Gasteiger partial charge in [-0.2, -0.15) is 0 Å². The van der Waals surface area contributed by atoms with Gasteiger partial charge in [0.25, 0.3) is 5.91 Å². The number of hydrogen-bond donors (Lipinski definition) is 2. The van der Waals surface area contributed by atoms with Gasteiger partial charge in [0.2, 0.25) is 0 Å². The van der Waals surface area contributed by atoms with Gasteiger partial charge in [-0.25, -0.2) is 9.78 Å². The van der Waals surface area contributed by atoms with Gasteiger partial charge in [0.15, 0.2) is 0 Å². The minimum atomic E-state index is -1.13. The number of urea groups is 1. The predicted molar refractivity (Wildman–Crippen MR) is 109 cm³/mol. The van der Waals surface area contributed by atoms with Crippen molar-refractivity contribution in [2.24, 2.45) is 0 Å². The number of imidazole rings is 1. The summed E-state index contributed by atoms with van der Waals surface area (Å²) in [5.41, 5.74) is 3.64. The highest BCUT2D eigenvalue weighted by atomic mass is 16.3. The number of amides is 3. The average Bonchev–Trinajstić information content (AvgIpc) is 3.17. The maximum atomic E-state index is 13.0. The number of aliphatic hydroxyl groups excluding tert-OH is 1. The maximum Gasteiger partial charge on any atom is 0.325 e. The number of carbonyl (C=O) groups is 2. The Bertz CT molecular complexity index is 1090. The Balaban J connectivity index is 1.52. The van der Waals surface area contributed by atoms with E-state index in [0.29, 0.717) is 5.56 Å². The quantitative estimate of drug-likeness (QED) is 0.653. The summed E-state index contributed by atoms with van der Waals surface area (Å²) in [6, 6.07) is 12.7. The third-order valence-corrected chi connectivity index (χ3v) is 5.66. The molecule has 1 aliphatic heterocycles. The van der Waals surface area contributed by atoms with E-state index < -0.39 is 17.7 Å². The van der Waals surface area contributed by atoms with Crippen LogP contribution in [0, 0.1) is 13.8 Å². The molecule has 7 heteroatoms. The number of aliphatic hydroxyl groups is 1. The summed E-state index contributed by atoms with van der Waals surface area (Å²) >= 11 is 0. The fraction of sp³-hybridized carbons (Fsp3) is 0.318. The van der Waals surface area contributed by atoms with Crippen LogP contribution in [-0.2, 0) is 16.9 Å². The molecule has 2 atom stereocenters. The van der Waals surface area contributed by atoms with Crippen LogP contribution >= 0.6 is 0 Å². The summed E-state index contributed by atoms with van der Waals surface area (Å²) in [5, 5.41) is 13.4. The minimum Gasteiger partial charge on any atom is -0.389 e.